The highest BCUT2D eigenvalue weighted by Gasteiger charge is 2.22. The molecule has 34 heavy (non-hydrogen) atoms. The zero-order chi connectivity index (χ0) is 24.2. The van der Waals surface area contributed by atoms with E-state index in [0.717, 1.165) is 33.5 Å². The first kappa shape index (κ1) is 23.2. The lowest BCUT2D eigenvalue weighted by Gasteiger charge is -2.12. The highest BCUT2D eigenvalue weighted by Crippen LogP contribution is 2.31. The van der Waals surface area contributed by atoms with Gasteiger partial charge in [-0.1, -0.05) is 30.3 Å². The van der Waals surface area contributed by atoms with E-state index in [-0.39, 0.29) is 25.1 Å². The molecule has 4 rings (SSSR count). The third kappa shape index (κ3) is 4.69. The quantitative estimate of drug-likeness (QED) is 0.386. The topological polar surface area (TPSA) is 74.5 Å². The van der Waals surface area contributed by atoms with Crippen molar-refractivity contribution in [2.24, 2.45) is 0 Å². The summed E-state index contributed by atoms with van der Waals surface area (Å²) in [4.78, 5) is 25.3. The number of hydrogen-bond donors (Lipinski definition) is 1. The molecule has 4 aromatic rings. The Kier molecular flexibility index (Phi) is 6.72. The fourth-order valence-electron chi connectivity index (χ4n) is 4.13. The van der Waals surface area contributed by atoms with Crippen molar-refractivity contribution in [1.29, 1.82) is 0 Å². The maximum Gasteiger partial charge on any atom is 0.340 e. The standard InChI is InChI=1S/C27H29N3O4/c1-5-33-27(32)26-20(4)29(16-21-9-7-6-8-10-21)24-14-13-22(15-23(24)26)34-17-25(31)28-30-18(2)11-12-19(30)3/h6-15H,5,16-17H2,1-4H3,(H,28,31). The lowest BCUT2D eigenvalue weighted by Crippen LogP contribution is -2.29. The Labute approximate surface area is 198 Å². The van der Waals surface area contributed by atoms with Gasteiger partial charge in [-0.15, -0.1) is 0 Å². The van der Waals surface area contributed by atoms with Crippen LogP contribution in [-0.4, -0.2) is 34.3 Å². The smallest absolute Gasteiger partial charge is 0.340 e. The summed E-state index contributed by atoms with van der Waals surface area (Å²) in [5, 5.41) is 0.738. The molecule has 1 amide bonds. The van der Waals surface area contributed by atoms with Gasteiger partial charge in [-0.05, 0) is 63.6 Å². The van der Waals surface area contributed by atoms with E-state index >= 15 is 0 Å². The van der Waals surface area contributed by atoms with E-state index in [0.29, 0.717) is 17.9 Å². The molecule has 0 saturated heterocycles. The van der Waals surface area contributed by atoms with Crippen molar-refractivity contribution in [3.8, 4) is 5.75 Å². The number of ether oxygens (including phenoxy) is 2. The first-order valence-corrected chi connectivity index (χ1v) is 11.3. The lowest BCUT2D eigenvalue weighted by atomic mass is 10.1. The van der Waals surface area contributed by atoms with Crippen LogP contribution in [-0.2, 0) is 16.1 Å². The van der Waals surface area contributed by atoms with Gasteiger partial charge in [0.2, 0.25) is 0 Å². The minimum atomic E-state index is -0.370. The van der Waals surface area contributed by atoms with Crippen LogP contribution >= 0.6 is 0 Å². The Bertz CT molecular complexity index is 1320. The molecule has 0 bridgehead atoms. The average Bonchev–Trinajstić information content (AvgIpc) is 3.28. The molecule has 2 heterocycles. The van der Waals surface area contributed by atoms with Gasteiger partial charge in [0.1, 0.15) is 5.75 Å². The predicted molar refractivity (Wildman–Crippen MR) is 132 cm³/mol. The number of esters is 1. The third-order valence-corrected chi connectivity index (χ3v) is 5.84. The Morgan fingerprint density at radius 2 is 1.65 bits per heavy atom. The van der Waals surface area contributed by atoms with E-state index < -0.39 is 0 Å². The van der Waals surface area contributed by atoms with Crippen LogP contribution in [0.1, 0.15) is 39.9 Å². The van der Waals surface area contributed by atoms with Crippen molar-refractivity contribution in [3.63, 3.8) is 0 Å². The summed E-state index contributed by atoms with van der Waals surface area (Å²) < 4.78 is 14.9. The summed E-state index contributed by atoms with van der Waals surface area (Å²) >= 11 is 0. The van der Waals surface area contributed by atoms with Gasteiger partial charge in [-0.3, -0.25) is 14.9 Å². The fraction of sp³-hybridized carbons (Fsp3) is 0.259. The maximum atomic E-state index is 12.8. The number of hydrogen-bond acceptors (Lipinski definition) is 4. The van der Waals surface area contributed by atoms with Crippen LogP contribution in [0, 0.1) is 20.8 Å². The molecule has 176 valence electrons. The summed E-state index contributed by atoms with van der Waals surface area (Å²) in [5.41, 5.74) is 8.06. The average molecular weight is 460 g/mol. The molecule has 0 radical (unpaired) electrons. The molecule has 0 aliphatic heterocycles. The number of rotatable bonds is 8. The molecule has 0 saturated carbocycles. The number of aryl methyl sites for hydroxylation is 2. The van der Waals surface area contributed by atoms with E-state index in [4.69, 9.17) is 9.47 Å². The number of nitrogens with one attached hydrogen (secondary N) is 1. The van der Waals surface area contributed by atoms with Gasteiger partial charge in [0, 0.05) is 34.5 Å². The SMILES string of the molecule is CCOC(=O)c1c(C)n(Cc2ccccc2)c2ccc(OCC(=O)Nn3c(C)ccc3C)cc12. The first-order valence-electron chi connectivity index (χ1n) is 11.3. The van der Waals surface area contributed by atoms with Gasteiger partial charge >= 0.3 is 5.97 Å². The van der Waals surface area contributed by atoms with Crippen molar-refractivity contribution in [1.82, 2.24) is 9.24 Å². The highest BCUT2D eigenvalue weighted by atomic mass is 16.5. The Morgan fingerprint density at radius 3 is 2.32 bits per heavy atom. The van der Waals surface area contributed by atoms with E-state index in [1.807, 2.05) is 63.2 Å². The van der Waals surface area contributed by atoms with Gasteiger partial charge in [0.15, 0.2) is 6.61 Å². The molecule has 0 aliphatic rings. The maximum absolute atomic E-state index is 12.8. The first-order chi connectivity index (χ1) is 16.4. The van der Waals surface area contributed by atoms with Crippen molar-refractivity contribution < 1.29 is 19.1 Å². The molecule has 0 spiro atoms. The number of nitrogens with zero attached hydrogens (tertiary/aromatic N) is 2. The number of amides is 1. The molecule has 0 aliphatic carbocycles. The molecular weight excluding hydrogens is 430 g/mol. The second-order valence-corrected chi connectivity index (χ2v) is 8.21. The van der Waals surface area contributed by atoms with Gasteiger partial charge in [-0.25, -0.2) is 4.79 Å². The minimum absolute atomic E-state index is 0.152. The number of carbonyl (C=O) groups is 2. The van der Waals surface area contributed by atoms with Crippen LogP contribution in [0.15, 0.2) is 60.7 Å². The minimum Gasteiger partial charge on any atom is -0.484 e. The van der Waals surface area contributed by atoms with Gasteiger partial charge in [0.05, 0.1) is 12.2 Å². The van der Waals surface area contributed by atoms with Gasteiger partial charge in [0.25, 0.3) is 5.91 Å². The van der Waals surface area contributed by atoms with Crippen LogP contribution in [0.2, 0.25) is 0 Å². The van der Waals surface area contributed by atoms with Crippen LogP contribution in [0.25, 0.3) is 10.9 Å². The van der Waals surface area contributed by atoms with Crippen LogP contribution in [0.5, 0.6) is 5.75 Å². The van der Waals surface area contributed by atoms with Gasteiger partial charge in [-0.2, -0.15) is 0 Å². The summed E-state index contributed by atoms with van der Waals surface area (Å²) in [6, 6.07) is 19.5. The molecule has 0 unspecified atom stereocenters. The second kappa shape index (κ2) is 9.87. The molecular formula is C27H29N3O4. The van der Waals surface area contributed by atoms with E-state index in [1.165, 1.54) is 0 Å². The van der Waals surface area contributed by atoms with Crippen molar-refractivity contribution in [3.05, 3.63) is 88.9 Å². The molecule has 7 heteroatoms. The van der Waals surface area contributed by atoms with Crippen molar-refractivity contribution in [2.75, 3.05) is 18.6 Å². The van der Waals surface area contributed by atoms with Crippen molar-refractivity contribution in [2.45, 2.75) is 34.2 Å². The molecule has 1 N–H and O–H groups in total. The number of aromatic nitrogens is 2. The highest BCUT2D eigenvalue weighted by molar-refractivity contribution is 6.06. The van der Waals surface area contributed by atoms with E-state index in [2.05, 4.69) is 22.1 Å². The van der Waals surface area contributed by atoms with Gasteiger partial charge < -0.3 is 14.0 Å². The summed E-state index contributed by atoms with van der Waals surface area (Å²) in [5.74, 6) is -0.137. The molecule has 7 nitrogen and oxygen atoms in total. The summed E-state index contributed by atoms with van der Waals surface area (Å²) in [6.45, 7) is 8.31. The van der Waals surface area contributed by atoms with Crippen LogP contribution in [0.4, 0.5) is 0 Å². The number of benzene rings is 2. The summed E-state index contributed by atoms with van der Waals surface area (Å²) in [7, 11) is 0. The zero-order valence-corrected chi connectivity index (χ0v) is 19.9. The molecule has 0 fully saturated rings. The Morgan fingerprint density at radius 1 is 0.941 bits per heavy atom. The fourth-order valence-corrected chi connectivity index (χ4v) is 4.13. The molecule has 2 aromatic heterocycles. The zero-order valence-electron chi connectivity index (χ0n) is 19.9. The number of carbonyl (C=O) groups excluding carboxylic acids is 2. The second-order valence-electron chi connectivity index (χ2n) is 8.21. The Hall–Kier alpha value is -4.00. The predicted octanol–water partition coefficient (Wildman–Crippen LogP) is 4.74. The Balaban J connectivity index is 1.61. The summed E-state index contributed by atoms with van der Waals surface area (Å²) in [6.07, 6.45) is 0. The third-order valence-electron chi connectivity index (χ3n) is 5.84. The van der Waals surface area contributed by atoms with Crippen molar-refractivity contribution >= 4 is 22.8 Å². The normalized spacial score (nSPS) is 10.9. The molecule has 0 atom stereocenters. The number of fused-ring (bicyclic) bond motifs is 1. The van der Waals surface area contributed by atoms with Crippen LogP contribution in [0.3, 0.4) is 0 Å². The largest absolute Gasteiger partial charge is 0.484 e. The van der Waals surface area contributed by atoms with E-state index in [9.17, 15) is 9.59 Å². The monoisotopic (exact) mass is 459 g/mol. The van der Waals surface area contributed by atoms with Crippen LogP contribution < -0.4 is 10.2 Å². The van der Waals surface area contributed by atoms with E-state index in [1.54, 1.807) is 17.7 Å². The lowest BCUT2D eigenvalue weighted by molar-refractivity contribution is -0.119. The molecule has 2 aromatic carbocycles.